The first-order chi connectivity index (χ1) is 18.1. The molecule has 8 heteroatoms. The molecule has 3 saturated carbocycles. The van der Waals surface area contributed by atoms with Gasteiger partial charge in [0.2, 0.25) is 0 Å². The summed E-state index contributed by atoms with van der Waals surface area (Å²) in [6.45, 7) is 15.8. The lowest BCUT2D eigenvalue weighted by molar-refractivity contribution is -0.185. The van der Waals surface area contributed by atoms with Crippen LogP contribution in [0.4, 0.5) is 0 Å². The third kappa shape index (κ3) is 4.18. The molecule has 0 bridgehead atoms. The van der Waals surface area contributed by atoms with E-state index in [9.17, 15) is 34.5 Å². The van der Waals surface area contributed by atoms with Crippen LogP contribution >= 0.6 is 0 Å². The molecular weight excluding hydrogens is 512 g/mol. The number of ketones is 3. The molecule has 3 fully saturated rings. The maximum Gasteiger partial charge on any atom is 0.303 e. The van der Waals surface area contributed by atoms with Crippen LogP contribution in [0.2, 0.25) is 0 Å². The average molecular weight is 561 g/mol. The summed E-state index contributed by atoms with van der Waals surface area (Å²) < 4.78 is 5.31. The number of carbonyl (C=O) groups excluding carboxylic acids is 4. The molecule has 8 nitrogen and oxygen atoms in total. The summed E-state index contributed by atoms with van der Waals surface area (Å²) in [5, 5.41) is 34.1. The molecule has 0 spiro atoms. The van der Waals surface area contributed by atoms with E-state index >= 15 is 0 Å². The summed E-state index contributed by atoms with van der Waals surface area (Å²) in [6, 6.07) is 0. The van der Waals surface area contributed by atoms with Crippen molar-refractivity contribution in [2.24, 2.45) is 39.4 Å². The SMILES string of the molecule is CC(=O)OC(C)(C)CCC(=O)[C@](C)(O)C1[C@H](O)C[C@@]2(C)C3CC=C4C(C[C@H](O)C(=O)C4(C)C)[C@]3(C)C(=O)C[C@]12C. The molecule has 0 aliphatic heterocycles. The van der Waals surface area contributed by atoms with Crippen LogP contribution in [-0.2, 0) is 23.9 Å². The van der Waals surface area contributed by atoms with E-state index < -0.39 is 62.7 Å². The number of rotatable bonds is 6. The molecule has 0 aromatic carbocycles. The highest BCUT2D eigenvalue weighted by Gasteiger charge is 2.74. The number of carbonyl (C=O) groups is 4. The number of Topliss-reactive ketones (excluding diaryl/α,β-unsaturated/α-hetero) is 3. The summed E-state index contributed by atoms with van der Waals surface area (Å²) in [6.07, 6.45) is 1.23. The number of esters is 1. The molecule has 3 unspecified atom stereocenters. The minimum Gasteiger partial charge on any atom is -0.460 e. The van der Waals surface area contributed by atoms with Crippen molar-refractivity contribution in [3.8, 4) is 0 Å². The van der Waals surface area contributed by atoms with Gasteiger partial charge in [-0.1, -0.05) is 32.4 Å². The number of hydrogen-bond donors (Lipinski definition) is 3. The number of fused-ring (bicyclic) bond motifs is 5. The van der Waals surface area contributed by atoms with Gasteiger partial charge >= 0.3 is 5.97 Å². The Morgan fingerprint density at radius 2 is 1.65 bits per heavy atom. The molecule has 40 heavy (non-hydrogen) atoms. The zero-order chi connectivity index (χ0) is 30.4. The highest BCUT2D eigenvalue weighted by atomic mass is 16.6. The highest BCUT2D eigenvalue weighted by Crippen LogP contribution is 2.74. The van der Waals surface area contributed by atoms with Crippen LogP contribution in [-0.4, -0.2) is 62.0 Å². The maximum atomic E-state index is 14.3. The lowest BCUT2D eigenvalue weighted by Crippen LogP contribution is -2.65. The molecule has 4 rings (SSSR count). The molecule has 0 amide bonds. The topological polar surface area (TPSA) is 138 Å². The maximum absolute atomic E-state index is 14.3. The monoisotopic (exact) mass is 560 g/mol. The third-order valence-corrected chi connectivity index (χ3v) is 11.9. The molecule has 0 aromatic heterocycles. The van der Waals surface area contributed by atoms with Crippen molar-refractivity contribution in [2.75, 3.05) is 0 Å². The van der Waals surface area contributed by atoms with Crippen LogP contribution < -0.4 is 0 Å². The summed E-state index contributed by atoms with van der Waals surface area (Å²) in [7, 11) is 0. The molecule has 9 atom stereocenters. The van der Waals surface area contributed by atoms with Gasteiger partial charge in [0.25, 0.3) is 0 Å². The fraction of sp³-hybridized carbons (Fsp3) is 0.812. The number of hydrogen-bond acceptors (Lipinski definition) is 8. The Balaban J connectivity index is 1.70. The number of aliphatic hydroxyl groups excluding tert-OH is 2. The third-order valence-electron chi connectivity index (χ3n) is 11.9. The van der Waals surface area contributed by atoms with Crippen LogP contribution in [0, 0.1) is 39.4 Å². The Bertz CT molecular complexity index is 1160. The zero-order valence-electron chi connectivity index (χ0n) is 25.6. The Morgan fingerprint density at radius 1 is 1.05 bits per heavy atom. The van der Waals surface area contributed by atoms with Gasteiger partial charge < -0.3 is 20.1 Å². The average Bonchev–Trinajstić information content (AvgIpc) is 3.01. The van der Waals surface area contributed by atoms with Gasteiger partial charge in [0.1, 0.15) is 23.1 Å². The van der Waals surface area contributed by atoms with Gasteiger partial charge in [0.15, 0.2) is 11.6 Å². The van der Waals surface area contributed by atoms with Crippen molar-refractivity contribution in [3.63, 3.8) is 0 Å². The smallest absolute Gasteiger partial charge is 0.303 e. The van der Waals surface area contributed by atoms with Crippen LogP contribution in [0.25, 0.3) is 0 Å². The van der Waals surface area contributed by atoms with Gasteiger partial charge in [0, 0.05) is 36.5 Å². The predicted octanol–water partition coefficient (Wildman–Crippen LogP) is 3.72. The van der Waals surface area contributed by atoms with Gasteiger partial charge in [-0.15, -0.1) is 0 Å². The Morgan fingerprint density at radius 3 is 2.23 bits per heavy atom. The van der Waals surface area contributed by atoms with Crippen LogP contribution in [0.5, 0.6) is 0 Å². The molecule has 0 radical (unpaired) electrons. The lowest BCUT2D eigenvalue weighted by Gasteiger charge is -2.64. The fourth-order valence-electron chi connectivity index (χ4n) is 9.68. The minimum atomic E-state index is -1.91. The zero-order valence-corrected chi connectivity index (χ0v) is 25.6. The molecule has 224 valence electrons. The van der Waals surface area contributed by atoms with E-state index in [1.54, 1.807) is 13.8 Å². The van der Waals surface area contributed by atoms with Gasteiger partial charge in [0.05, 0.1) is 6.10 Å². The minimum absolute atomic E-state index is 0.0104. The molecule has 0 heterocycles. The van der Waals surface area contributed by atoms with E-state index in [0.717, 1.165) is 5.57 Å². The Hall–Kier alpha value is -1.90. The molecule has 0 aromatic rings. The first-order valence-electron chi connectivity index (χ1n) is 14.7. The van der Waals surface area contributed by atoms with E-state index in [2.05, 4.69) is 13.0 Å². The van der Waals surface area contributed by atoms with Crippen LogP contribution in [0.15, 0.2) is 11.6 Å². The molecule has 3 N–H and O–H groups in total. The summed E-state index contributed by atoms with van der Waals surface area (Å²) >= 11 is 0. The van der Waals surface area contributed by atoms with Crippen molar-refractivity contribution >= 4 is 23.3 Å². The predicted molar refractivity (Wildman–Crippen MR) is 148 cm³/mol. The lowest BCUT2D eigenvalue weighted by atomic mass is 9.38. The van der Waals surface area contributed by atoms with E-state index in [0.29, 0.717) is 12.8 Å². The highest BCUT2D eigenvalue weighted by molar-refractivity contribution is 5.95. The molecule has 4 aliphatic rings. The van der Waals surface area contributed by atoms with E-state index in [1.165, 1.54) is 13.8 Å². The van der Waals surface area contributed by atoms with Crippen molar-refractivity contribution < 1.29 is 39.2 Å². The van der Waals surface area contributed by atoms with Gasteiger partial charge in [-0.3, -0.25) is 19.2 Å². The van der Waals surface area contributed by atoms with Crippen molar-refractivity contribution in [1.82, 2.24) is 0 Å². The van der Waals surface area contributed by atoms with E-state index in [4.69, 9.17) is 4.74 Å². The second-order valence-corrected chi connectivity index (χ2v) is 15.1. The Kier molecular flexibility index (Phi) is 7.22. The summed E-state index contributed by atoms with van der Waals surface area (Å²) in [4.78, 5) is 52.2. The van der Waals surface area contributed by atoms with E-state index in [-0.39, 0.29) is 49.1 Å². The van der Waals surface area contributed by atoms with Gasteiger partial charge in [-0.05, 0) is 83.0 Å². The standard InChI is InChI=1S/C32H48O8/c1-17(33)40-27(2,3)13-12-23(36)32(9,39)25-21(35)15-29(6)22-11-10-18-19(14-20(34)26(38)28(18,4)5)31(22,8)24(37)16-30(25,29)7/h10,19-22,25,34-35,39H,11-16H2,1-9H3/t19?,20-,21+,22?,25?,29-,30+,31-,32-/m0/s1. The molecule has 4 aliphatic carbocycles. The first kappa shape index (κ1) is 31.0. The number of ether oxygens (including phenoxy) is 1. The van der Waals surface area contributed by atoms with Crippen LogP contribution in [0.1, 0.15) is 101 Å². The van der Waals surface area contributed by atoms with Gasteiger partial charge in [-0.2, -0.15) is 0 Å². The normalized spacial score (nSPS) is 42.2. The largest absolute Gasteiger partial charge is 0.460 e. The van der Waals surface area contributed by atoms with Crippen molar-refractivity contribution in [2.45, 2.75) is 124 Å². The second kappa shape index (κ2) is 9.30. The second-order valence-electron chi connectivity index (χ2n) is 15.1. The fourth-order valence-corrected chi connectivity index (χ4v) is 9.68. The van der Waals surface area contributed by atoms with Crippen LogP contribution in [0.3, 0.4) is 0 Å². The van der Waals surface area contributed by atoms with Crippen molar-refractivity contribution in [3.05, 3.63) is 11.6 Å². The number of allylic oxidation sites excluding steroid dienone is 2. The summed E-state index contributed by atoms with van der Waals surface area (Å²) in [5.74, 6) is -2.52. The van der Waals surface area contributed by atoms with Crippen molar-refractivity contribution in [1.29, 1.82) is 0 Å². The molecule has 0 saturated heterocycles. The Labute approximate surface area is 237 Å². The van der Waals surface area contributed by atoms with E-state index in [1.807, 2.05) is 27.7 Å². The molecular formula is C32H48O8. The quantitative estimate of drug-likeness (QED) is 0.330. The number of aliphatic hydroxyl groups is 3. The summed E-state index contributed by atoms with van der Waals surface area (Å²) in [5.41, 5.74) is -5.07. The van der Waals surface area contributed by atoms with Gasteiger partial charge in [-0.25, -0.2) is 0 Å². The first-order valence-corrected chi connectivity index (χ1v) is 14.7.